The van der Waals surface area contributed by atoms with E-state index >= 15 is 0 Å². The molecule has 1 saturated heterocycles. The Morgan fingerprint density at radius 3 is 2.57 bits per heavy atom. The van der Waals surface area contributed by atoms with E-state index in [1.54, 1.807) is 4.90 Å². The van der Waals surface area contributed by atoms with Crippen LogP contribution in [0.2, 0.25) is 5.02 Å². The molecule has 1 aliphatic heterocycles. The van der Waals surface area contributed by atoms with Crippen LogP contribution < -0.4 is 5.32 Å². The van der Waals surface area contributed by atoms with Crippen molar-refractivity contribution in [2.24, 2.45) is 0 Å². The summed E-state index contributed by atoms with van der Waals surface area (Å²) in [5.74, 6) is -0.192. The van der Waals surface area contributed by atoms with Crippen LogP contribution in [0.3, 0.4) is 0 Å². The number of nitrogens with zero attached hydrogens (tertiary/aromatic N) is 1. The van der Waals surface area contributed by atoms with E-state index in [-0.39, 0.29) is 10.9 Å². The minimum absolute atomic E-state index is 0.192. The van der Waals surface area contributed by atoms with E-state index in [1.165, 1.54) is 24.3 Å². The number of carbonyl (C=O) groups is 1. The smallest absolute Gasteiger partial charge is 0.339 e. The van der Waals surface area contributed by atoms with Gasteiger partial charge in [0.2, 0.25) is 5.91 Å². The molecule has 7 heteroatoms. The third kappa shape index (κ3) is 4.72. The number of piperidine rings is 1. The van der Waals surface area contributed by atoms with Crippen molar-refractivity contribution in [2.75, 3.05) is 20.1 Å². The standard InChI is InChI=1S/C16H18ClF3N2O/c1-21-12-6-8-22(9-7-12)15(23)5-3-11-2-4-14(17)13(10-11)16(18,19)20/h2-5,10,12,21H,6-9H2,1H3/b5-3+. The molecule has 2 rings (SSSR count). The van der Waals surface area contributed by atoms with Crippen LogP contribution in [0.25, 0.3) is 6.08 Å². The zero-order valence-electron chi connectivity index (χ0n) is 12.7. The van der Waals surface area contributed by atoms with Gasteiger partial charge < -0.3 is 10.2 Å². The van der Waals surface area contributed by atoms with Crippen molar-refractivity contribution in [3.63, 3.8) is 0 Å². The normalized spacial score (nSPS) is 17.0. The van der Waals surface area contributed by atoms with Crippen molar-refractivity contribution in [1.29, 1.82) is 0 Å². The van der Waals surface area contributed by atoms with Crippen LogP contribution in [0.15, 0.2) is 24.3 Å². The highest BCUT2D eigenvalue weighted by atomic mass is 35.5. The Balaban J connectivity index is 2.04. The van der Waals surface area contributed by atoms with Crippen LogP contribution in [-0.4, -0.2) is 37.0 Å². The van der Waals surface area contributed by atoms with E-state index in [4.69, 9.17) is 11.6 Å². The van der Waals surface area contributed by atoms with Crippen molar-refractivity contribution in [3.05, 3.63) is 40.4 Å². The van der Waals surface area contributed by atoms with Crippen molar-refractivity contribution in [1.82, 2.24) is 10.2 Å². The quantitative estimate of drug-likeness (QED) is 0.848. The first-order chi connectivity index (χ1) is 10.8. The van der Waals surface area contributed by atoms with Crippen LogP contribution in [0.5, 0.6) is 0 Å². The van der Waals surface area contributed by atoms with Gasteiger partial charge in [0, 0.05) is 25.2 Å². The number of nitrogens with one attached hydrogen (secondary N) is 1. The number of likely N-dealkylation sites (tertiary alicyclic amines) is 1. The van der Waals surface area contributed by atoms with Gasteiger partial charge in [-0.3, -0.25) is 4.79 Å². The molecule has 1 aliphatic rings. The highest BCUT2D eigenvalue weighted by Crippen LogP contribution is 2.35. The summed E-state index contributed by atoms with van der Waals surface area (Å²) in [5.41, 5.74) is -0.608. The fourth-order valence-corrected chi connectivity index (χ4v) is 2.75. The SMILES string of the molecule is CNC1CCN(C(=O)/C=C/c2ccc(Cl)c(C(F)(F)F)c2)CC1. The van der Waals surface area contributed by atoms with Crippen LogP contribution in [0.4, 0.5) is 13.2 Å². The molecule has 3 nitrogen and oxygen atoms in total. The number of hydrogen-bond donors (Lipinski definition) is 1. The maximum absolute atomic E-state index is 12.8. The van der Waals surface area contributed by atoms with Gasteiger partial charge in [-0.05, 0) is 43.7 Å². The maximum atomic E-state index is 12.8. The van der Waals surface area contributed by atoms with Crippen LogP contribution in [0.1, 0.15) is 24.0 Å². The Kier molecular flexibility index (Phi) is 5.70. The summed E-state index contributed by atoms with van der Waals surface area (Å²) in [4.78, 5) is 13.8. The molecule has 126 valence electrons. The van der Waals surface area contributed by atoms with Gasteiger partial charge in [-0.25, -0.2) is 0 Å². The second kappa shape index (κ2) is 7.36. The summed E-state index contributed by atoms with van der Waals surface area (Å²) in [7, 11) is 1.89. The molecule has 0 unspecified atom stereocenters. The number of rotatable bonds is 3. The maximum Gasteiger partial charge on any atom is 0.417 e. The predicted octanol–water partition coefficient (Wildman–Crippen LogP) is 3.58. The first kappa shape index (κ1) is 17.8. The lowest BCUT2D eigenvalue weighted by Gasteiger charge is -2.31. The van der Waals surface area contributed by atoms with Crippen LogP contribution in [0, 0.1) is 0 Å². The Morgan fingerprint density at radius 1 is 1.35 bits per heavy atom. The summed E-state index contributed by atoms with van der Waals surface area (Å²) in [5, 5.41) is 2.82. The monoisotopic (exact) mass is 346 g/mol. The molecular formula is C16H18ClF3N2O. The van der Waals surface area contributed by atoms with Gasteiger partial charge in [-0.2, -0.15) is 13.2 Å². The van der Waals surface area contributed by atoms with E-state index in [2.05, 4.69) is 5.32 Å². The molecule has 0 saturated carbocycles. The van der Waals surface area contributed by atoms with Gasteiger partial charge in [0.1, 0.15) is 0 Å². The lowest BCUT2D eigenvalue weighted by molar-refractivity contribution is -0.137. The molecule has 1 heterocycles. The fraction of sp³-hybridized carbons (Fsp3) is 0.438. The molecular weight excluding hydrogens is 329 g/mol. The summed E-state index contributed by atoms with van der Waals surface area (Å²) >= 11 is 5.57. The van der Waals surface area contributed by atoms with E-state index in [0.717, 1.165) is 18.9 Å². The minimum Gasteiger partial charge on any atom is -0.339 e. The van der Waals surface area contributed by atoms with Crippen molar-refractivity contribution in [3.8, 4) is 0 Å². The van der Waals surface area contributed by atoms with E-state index in [0.29, 0.717) is 24.7 Å². The van der Waals surface area contributed by atoms with E-state index < -0.39 is 11.7 Å². The average Bonchev–Trinajstić information content (AvgIpc) is 2.52. The lowest BCUT2D eigenvalue weighted by Crippen LogP contribution is -2.43. The molecule has 0 radical (unpaired) electrons. The first-order valence-corrected chi connectivity index (χ1v) is 7.70. The van der Waals surface area contributed by atoms with Gasteiger partial charge in [0.15, 0.2) is 0 Å². The molecule has 1 aromatic rings. The predicted molar refractivity (Wildman–Crippen MR) is 84.1 cm³/mol. The molecule has 0 atom stereocenters. The van der Waals surface area contributed by atoms with Crippen LogP contribution >= 0.6 is 11.6 Å². The average molecular weight is 347 g/mol. The third-order valence-electron chi connectivity index (χ3n) is 3.93. The highest BCUT2D eigenvalue weighted by molar-refractivity contribution is 6.31. The number of alkyl halides is 3. The molecule has 0 spiro atoms. The van der Waals surface area contributed by atoms with E-state index in [9.17, 15) is 18.0 Å². The molecule has 0 bridgehead atoms. The van der Waals surface area contributed by atoms with Crippen LogP contribution in [-0.2, 0) is 11.0 Å². The lowest BCUT2D eigenvalue weighted by atomic mass is 10.1. The highest BCUT2D eigenvalue weighted by Gasteiger charge is 2.33. The Bertz CT molecular complexity index is 593. The molecule has 23 heavy (non-hydrogen) atoms. The van der Waals surface area contributed by atoms with Crippen molar-refractivity contribution < 1.29 is 18.0 Å². The largest absolute Gasteiger partial charge is 0.417 e. The summed E-state index contributed by atoms with van der Waals surface area (Å²) in [6.45, 7) is 1.28. The summed E-state index contributed by atoms with van der Waals surface area (Å²) in [6, 6.07) is 3.99. The molecule has 1 N–H and O–H groups in total. The summed E-state index contributed by atoms with van der Waals surface area (Å²) < 4.78 is 38.4. The first-order valence-electron chi connectivity index (χ1n) is 7.32. The number of halogens is 4. The van der Waals surface area contributed by atoms with Crippen molar-refractivity contribution >= 4 is 23.6 Å². The fourth-order valence-electron chi connectivity index (χ4n) is 2.53. The van der Waals surface area contributed by atoms with Gasteiger partial charge in [0.05, 0.1) is 10.6 Å². The van der Waals surface area contributed by atoms with Gasteiger partial charge >= 0.3 is 6.18 Å². The molecule has 1 fully saturated rings. The van der Waals surface area contributed by atoms with Crippen molar-refractivity contribution in [2.45, 2.75) is 25.1 Å². The minimum atomic E-state index is -4.51. The van der Waals surface area contributed by atoms with Gasteiger partial charge in [-0.15, -0.1) is 0 Å². The van der Waals surface area contributed by atoms with Gasteiger partial charge in [0.25, 0.3) is 0 Å². The molecule has 0 aliphatic carbocycles. The molecule has 1 amide bonds. The third-order valence-corrected chi connectivity index (χ3v) is 4.26. The number of benzene rings is 1. The molecule has 0 aromatic heterocycles. The second-order valence-electron chi connectivity index (χ2n) is 5.46. The zero-order valence-corrected chi connectivity index (χ0v) is 13.4. The Labute approximate surface area is 138 Å². The Morgan fingerprint density at radius 2 is 2.00 bits per heavy atom. The topological polar surface area (TPSA) is 32.3 Å². The molecule has 1 aromatic carbocycles. The summed E-state index contributed by atoms with van der Waals surface area (Å²) in [6.07, 6.45) is -0.0778. The zero-order chi connectivity index (χ0) is 17.0. The Hall–Kier alpha value is -1.53. The number of hydrogen-bond acceptors (Lipinski definition) is 2. The van der Waals surface area contributed by atoms with Gasteiger partial charge in [-0.1, -0.05) is 17.7 Å². The number of carbonyl (C=O) groups excluding carboxylic acids is 1. The number of amides is 1. The second-order valence-corrected chi connectivity index (χ2v) is 5.87. The van der Waals surface area contributed by atoms with E-state index in [1.807, 2.05) is 7.05 Å².